The first-order chi connectivity index (χ1) is 8.15. The maximum absolute atomic E-state index is 13.3. The van der Waals surface area contributed by atoms with Gasteiger partial charge >= 0.3 is 0 Å². The van der Waals surface area contributed by atoms with Crippen LogP contribution in [0.4, 0.5) is 14.5 Å². The number of nitrogens with one attached hydrogen (secondary N) is 1. The van der Waals surface area contributed by atoms with E-state index in [0.29, 0.717) is 0 Å². The van der Waals surface area contributed by atoms with E-state index in [-0.39, 0.29) is 12.1 Å². The van der Waals surface area contributed by atoms with Crippen LogP contribution in [0.25, 0.3) is 0 Å². The molecule has 0 bridgehead atoms. The monoisotopic (exact) mass is 298 g/mol. The van der Waals surface area contributed by atoms with Gasteiger partial charge in [0.05, 0.1) is 11.9 Å². The normalized spacial score (nSPS) is 10.3. The van der Waals surface area contributed by atoms with E-state index in [9.17, 15) is 8.78 Å². The highest BCUT2D eigenvalue weighted by Crippen LogP contribution is 2.14. The van der Waals surface area contributed by atoms with Gasteiger partial charge < -0.3 is 5.32 Å². The molecule has 0 unspecified atom stereocenters. The Hall–Kier alpha value is -1.49. The molecule has 0 radical (unpaired) electrons. The molecule has 0 saturated carbocycles. The molecule has 0 amide bonds. The highest BCUT2D eigenvalue weighted by atomic mass is 79.9. The van der Waals surface area contributed by atoms with Crippen LogP contribution in [0.3, 0.4) is 0 Å². The molecule has 0 aliphatic heterocycles. The lowest BCUT2D eigenvalue weighted by Gasteiger charge is -2.07. The van der Waals surface area contributed by atoms with Crippen molar-refractivity contribution in [3.8, 4) is 0 Å². The summed E-state index contributed by atoms with van der Waals surface area (Å²) in [6.07, 6.45) is 1.61. The molecule has 1 aromatic heterocycles. The maximum Gasteiger partial charge on any atom is 0.128 e. The molecular formula is C12H9BrF2N2. The van der Waals surface area contributed by atoms with E-state index in [0.717, 1.165) is 22.4 Å². The van der Waals surface area contributed by atoms with Gasteiger partial charge in [0.15, 0.2) is 0 Å². The highest BCUT2D eigenvalue weighted by Gasteiger charge is 2.03. The SMILES string of the molecule is Fc1ccc(F)c(CNc2ccc(Br)nc2)c1. The zero-order chi connectivity index (χ0) is 12.3. The van der Waals surface area contributed by atoms with E-state index in [2.05, 4.69) is 26.2 Å². The summed E-state index contributed by atoms with van der Waals surface area (Å²) in [5.41, 5.74) is 1.03. The third-order valence-electron chi connectivity index (χ3n) is 2.22. The minimum Gasteiger partial charge on any atom is -0.380 e. The number of anilines is 1. The molecule has 0 fully saturated rings. The molecule has 88 valence electrons. The maximum atomic E-state index is 13.3. The minimum absolute atomic E-state index is 0.215. The van der Waals surface area contributed by atoms with Crippen molar-refractivity contribution >= 4 is 21.6 Å². The Kier molecular flexibility index (Phi) is 3.68. The Morgan fingerprint density at radius 1 is 1.18 bits per heavy atom. The van der Waals surface area contributed by atoms with Crippen molar-refractivity contribution in [1.82, 2.24) is 4.98 Å². The lowest BCUT2D eigenvalue weighted by atomic mass is 10.2. The smallest absolute Gasteiger partial charge is 0.128 e. The first-order valence-electron chi connectivity index (χ1n) is 4.94. The van der Waals surface area contributed by atoms with Crippen molar-refractivity contribution < 1.29 is 8.78 Å². The second-order valence-electron chi connectivity index (χ2n) is 3.46. The molecular weight excluding hydrogens is 290 g/mol. The summed E-state index contributed by atoms with van der Waals surface area (Å²) in [5.74, 6) is -0.874. The summed E-state index contributed by atoms with van der Waals surface area (Å²) in [6.45, 7) is 0.215. The van der Waals surface area contributed by atoms with E-state index >= 15 is 0 Å². The minimum atomic E-state index is -0.447. The van der Waals surface area contributed by atoms with Crippen LogP contribution in [0.2, 0.25) is 0 Å². The van der Waals surface area contributed by atoms with Crippen LogP contribution < -0.4 is 5.32 Å². The Morgan fingerprint density at radius 3 is 2.71 bits per heavy atom. The van der Waals surface area contributed by atoms with Crippen molar-refractivity contribution in [2.24, 2.45) is 0 Å². The largest absolute Gasteiger partial charge is 0.380 e. The molecule has 2 aromatic rings. The van der Waals surface area contributed by atoms with Crippen LogP contribution in [0.15, 0.2) is 41.1 Å². The third kappa shape index (κ3) is 3.23. The van der Waals surface area contributed by atoms with E-state index in [4.69, 9.17) is 0 Å². The van der Waals surface area contributed by atoms with Crippen LogP contribution in [-0.4, -0.2) is 4.98 Å². The molecule has 0 aliphatic rings. The molecule has 1 aromatic carbocycles. The molecule has 1 N–H and O–H groups in total. The fraction of sp³-hybridized carbons (Fsp3) is 0.0833. The number of rotatable bonds is 3. The van der Waals surface area contributed by atoms with Crippen molar-refractivity contribution in [2.75, 3.05) is 5.32 Å². The fourth-order valence-corrected chi connectivity index (χ4v) is 1.59. The number of nitrogens with zero attached hydrogens (tertiary/aromatic N) is 1. The van der Waals surface area contributed by atoms with Crippen LogP contribution >= 0.6 is 15.9 Å². The summed E-state index contributed by atoms with van der Waals surface area (Å²) in [7, 11) is 0. The number of hydrogen-bond acceptors (Lipinski definition) is 2. The summed E-state index contributed by atoms with van der Waals surface area (Å²) in [5, 5.41) is 2.97. The Bertz CT molecular complexity index is 514. The predicted molar refractivity (Wildman–Crippen MR) is 65.6 cm³/mol. The Morgan fingerprint density at radius 2 is 2.00 bits per heavy atom. The van der Waals surface area contributed by atoms with Crippen molar-refractivity contribution in [3.05, 3.63) is 58.3 Å². The van der Waals surface area contributed by atoms with Gasteiger partial charge in [-0.2, -0.15) is 0 Å². The molecule has 1 heterocycles. The van der Waals surface area contributed by atoms with Crippen LogP contribution in [0.1, 0.15) is 5.56 Å². The molecule has 2 nitrogen and oxygen atoms in total. The lowest BCUT2D eigenvalue weighted by Crippen LogP contribution is -2.02. The zero-order valence-electron chi connectivity index (χ0n) is 8.75. The summed E-state index contributed by atoms with van der Waals surface area (Å²) < 4.78 is 26.9. The number of pyridine rings is 1. The van der Waals surface area contributed by atoms with Gasteiger partial charge in [-0.15, -0.1) is 0 Å². The molecule has 0 spiro atoms. The first-order valence-corrected chi connectivity index (χ1v) is 5.74. The molecule has 0 atom stereocenters. The summed E-state index contributed by atoms with van der Waals surface area (Å²) in [6, 6.07) is 6.96. The summed E-state index contributed by atoms with van der Waals surface area (Å²) in [4.78, 5) is 4.02. The zero-order valence-corrected chi connectivity index (χ0v) is 10.3. The Balaban J connectivity index is 2.07. The van der Waals surface area contributed by atoms with Gasteiger partial charge in [-0.1, -0.05) is 0 Å². The van der Waals surface area contributed by atoms with Crippen molar-refractivity contribution in [3.63, 3.8) is 0 Å². The number of halogens is 3. The highest BCUT2D eigenvalue weighted by molar-refractivity contribution is 9.10. The fourth-order valence-electron chi connectivity index (χ4n) is 1.36. The van der Waals surface area contributed by atoms with Gasteiger partial charge in [0.1, 0.15) is 16.2 Å². The molecule has 5 heteroatoms. The number of benzene rings is 1. The lowest BCUT2D eigenvalue weighted by molar-refractivity contribution is 0.587. The van der Waals surface area contributed by atoms with E-state index < -0.39 is 11.6 Å². The standard InChI is InChI=1S/C12H9BrF2N2/c13-12-4-2-10(7-17-12)16-6-8-5-9(14)1-3-11(8)15/h1-5,7,16H,6H2. The number of hydrogen-bond donors (Lipinski definition) is 1. The van der Waals surface area contributed by atoms with Gasteiger partial charge in [-0.3, -0.25) is 0 Å². The topological polar surface area (TPSA) is 24.9 Å². The Labute approximate surface area is 106 Å². The molecule has 0 aliphatic carbocycles. The van der Waals surface area contributed by atoms with Crippen LogP contribution in [0, 0.1) is 11.6 Å². The van der Waals surface area contributed by atoms with E-state index in [1.165, 1.54) is 6.07 Å². The quantitative estimate of drug-likeness (QED) is 0.873. The summed E-state index contributed by atoms with van der Waals surface area (Å²) >= 11 is 3.21. The predicted octanol–water partition coefficient (Wildman–Crippen LogP) is 3.73. The molecule has 0 saturated heterocycles. The second-order valence-corrected chi connectivity index (χ2v) is 4.27. The van der Waals surface area contributed by atoms with Crippen molar-refractivity contribution in [1.29, 1.82) is 0 Å². The van der Waals surface area contributed by atoms with Crippen LogP contribution in [-0.2, 0) is 6.54 Å². The van der Waals surface area contributed by atoms with E-state index in [1.807, 2.05) is 0 Å². The second kappa shape index (κ2) is 5.23. The van der Waals surface area contributed by atoms with Gasteiger partial charge in [0.25, 0.3) is 0 Å². The molecule has 17 heavy (non-hydrogen) atoms. The average Bonchev–Trinajstić information content (AvgIpc) is 2.32. The van der Waals surface area contributed by atoms with Gasteiger partial charge in [-0.25, -0.2) is 13.8 Å². The molecule has 2 rings (SSSR count). The van der Waals surface area contributed by atoms with Crippen molar-refractivity contribution in [2.45, 2.75) is 6.54 Å². The number of aromatic nitrogens is 1. The first kappa shape index (κ1) is 12.0. The van der Waals surface area contributed by atoms with E-state index in [1.54, 1.807) is 18.3 Å². The van der Waals surface area contributed by atoms with Gasteiger partial charge in [0.2, 0.25) is 0 Å². The third-order valence-corrected chi connectivity index (χ3v) is 2.69. The average molecular weight is 299 g/mol. The van der Waals surface area contributed by atoms with Crippen LogP contribution in [0.5, 0.6) is 0 Å². The van der Waals surface area contributed by atoms with Gasteiger partial charge in [0, 0.05) is 12.1 Å². The van der Waals surface area contributed by atoms with Gasteiger partial charge in [-0.05, 0) is 46.3 Å².